The van der Waals surface area contributed by atoms with Crippen LogP contribution in [0.5, 0.6) is 0 Å². The predicted octanol–water partition coefficient (Wildman–Crippen LogP) is 3.20. The highest BCUT2D eigenvalue weighted by molar-refractivity contribution is 7.89. The van der Waals surface area contributed by atoms with Crippen molar-refractivity contribution in [3.05, 3.63) is 60.2 Å². The Morgan fingerprint density at radius 1 is 1.08 bits per heavy atom. The zero-order chi connectivity index (χ0) is 18.3. The van der Waals surface area contributed by atoms with Gasteiger partial charge in [-0.15, -0.1) is 0 Å². The van der Waals surface area contributed by atoms with Gasteiger partial charge in [-0.1, -0.05) is 37.3 Å². The van der Waals surface area contributed by atoms with Gasteiger partial charge in [0.25, 0.3) is 0 Å². The topological polar surface area (TPSA) is 61.4 Å². The van der Waals surface area contributed by atoms with E-state index in [2.05, 4.69) is 17.6 Å². The summed E-state index contributed by atoms with van der Waals surface area (Å²) in [5, 5.41) is 6.63. The van der Waals surface area contributed by atoms with Gasteiger partial charge in [0.05, 0.1) is 4.90 Å². The fourth-order valence-corrected chi connectivity index (χ4v) is 3.61. The molecule has 0 spiro atoms. The van der Waals surface area contributed by atoms with E-state index in [0.29, 0.717) is 11.7 Å². The Labute approximate surface area is 155 Å². The molecule has 0 fully saturated rings. The largest absolute Gasteiger partial charge is 0.362 e. The Morgan fingerprint density at radius 3 is 2.32 bits per heavy atom. The smallest absolute Gasteiger partial charge is 0.243 e. The third-order valence-corrected chi connectivity index (χ3v) is 5.67. The molecular formula is C18H23N3O2S2. The van der Waals surface area contributed by atoms with Crippen molar-refractivity contribution < 1.29 is 8.42 Å². The third-order valence-electron chi connectivity index (χ3n) is 3.60. The molecule has 2 aromatic carbocycles. The van der Waals surface area contributed by atoms with E-state index in [4.69, 9.17) is 12.2 Å². The molecule has 0 aromatic heterocycles. The molecule has 0 atom stereocenters. The highest BCUT2D eigenvalue weighted by Crippen LogP contribution is 2.19. The first kappa shape index (κ1) is 19.4. The zero-order valence-electron chi connectivity index (χ0n) is 14.4. The maximum atomic E-state index is 12.7. The third kappa shape index (κ3) is 5.52. The summed E-state index contributed by atoms with van der Waals surface area (Å²) >= 11 is 5.17. The van der Waals surface area contributed by atoms with Gasteiger partial charge in [0.1, 0.15) is 0 Å². The molecule has 0 aliphatic carbocycles. The molecule has 0 radical (unpaired) electrons. The fourth-order valence-electron chi connectivity index (χ4n) is 2.23. The molecule has 5 nitrogen and oxygen atoms in total. The van der Waals surface area contributed by atoms with E-state index in [1.54, 1.807) is 31.3 Å². The van der Waals surface area contributed by atoms with E-state index >= 15 is 0 Å². The highest BCUT2D eigenvalue weighted by Gasteiger charge is 2.20. The van der Waals surface area contributed by atoms with E-state index < -0.39 is 10.0 Å². The summed E-state index contributed by atoms with van der Waals surface area (Å²) in [6.07, 6.45) is 0.979. The van der Waals surface area contributed by atoms with Gasteiger partial charge < -0.3 is 10.6 Å². The van der Waals surface area contributed by atoms with E-state index in [1.165, 1.54) is 4.31 Å². The quantitative estimate of drug-likeness (QED) is 0.726. The van der Waals surface area contributed by atoms with Crippen LogP contribution in [0.25, 0.3) is 0 Å². The molecule has 0 bridgehead atoms. The number of anilines is 1. The molecule has 2 rings (SSSR count). The number of hydrogen-bond donors (Lipinski definition) is 2. The molecule has 0 saturated carbocycles. The van der Waals surface area contributed by atoms with E-state index in [0.717, 1.165) is 24.2 Å². The van der Waals surface area contributed by atoms with Gasteiger partial charge in [-0.3, -0.25) is 0 Å². The molecule has 0 aliphatic heterocycles. The van der Waals surface area contributed by atoms with E-state index in [1.807, 2.05) is 30.3 Å². The lowest BCUT2D eigenvalue weighted by molar-refractivity contribution is 0.467. The Hall–Kier alpha value is -1.96. The van der Waals surface area contributed by atoms with Crippen LogP contribution in [0.15, 0.2) is 59.5 Å². The van der Waals surface area contributed by atoms with Crippen molar-refractivity contribution in [3.63, 3.8) is 0 Å². The normalized spacial score (nSPS) is 11.3. The van der Waals surface area contributed by atoms with Crippen molar-refractivity contribution in [2.24, 2.45) is 0 Å². The summed E-state index contributed by atoms with van der Waals surface area (Å²) in [5.74, 6) is 0. The van der Waals surface area contributed by atoms with E-state index in [9.17, 15) is 8.42 Å². The van der Waals surface area contributed by atoms with Crippen molar-refractivity contribution in [1.29, 1.82) is 0 Å². The minimum atomic E-state index is -3.54. The number of thiocarbonyl (C=S) groups is 1. The van der Waals surface area contributed by atoms with Crippen LogP contribution < -0.4 is 10.6 Å². The second-order valence-electron chi connectivity index (χ2n) is 5.65. The predicted molar refractivity (Wildman–Crippen MR) is 106 cm³/mol. The van der Waals surface area contributed by atoms with Crippen molar-refractivity contribution >= 4 is 33.0 Å². The number of nitrogens with zero attached hydrogens (tertiary/aromatic N) is 1. The van der Waals surface area contributed by atoms with Crippen LogP contribution >= 0.6 is 12.2 Å². The monoisotopic (exact) mass is 377 g/mol. The number of sulfonamides is 1. The molecule has 0 saturated heterocycles. The molecule has 0 unspecified atom stereocenters. The van der Waals surface area contributed by atoms with Crippen molar-refractivity contribution in [1.82, 2.24) is 9.62 Å². The van der Waals surface area contributed by atoms with Crippen molar-refractivity contribution in [2.75, 3.05) is 18.9 Å². The van der Waals surface area contributed by atoms with Crippen molar-refractivity contribution in [2.45, 2.75) is 24.8 Å². The summed E-state index contributed by atoms with van der Waals surface area (Å²) in [6, 6.07) is 16.1. The zero-order valence-corrected chi connectivity index (χ0v) is 16.0. The highest BCUT2D eigenvalue weighted by atomic mass is 32.2. The Balaban J connectivity index is 2.05. The van der Waals surface area contributed by atoms with E-state index in [-0.39, 0.29) is 4.90 Å². The van der Waals surface area contributed by atoms with Crippen LogP contribution in [0.4, 0.5) is 5.69 Å². The van der Waals surface area contributed by atoms with Gasteiger partial charge >= 0.3 is 0 Å². The lowest BCUT2D eigenvalue weighted by Gasteiger charge is -2.18. The van der Waals surface area contributed by atoms with Crippen LogP contribution in [-0.4, -0.2) is 31.4 Å². The van der Waals surface area contributed by atoms with Crippen LogP contribution in [0.3, 0.4) is 0 Å². The lowest BCUT2D eigenvalue weighted by atomic mass is 10.2. The second kappa shape index (κ2) is 8.94. The fraction of sp³-hybridized carbons (Fsp3) is 0.278. The summed E-state index contributed by atoms with van der Waals surface area (Å²) in [4.78, 5) is 0.254. The van der Waals surface area contributed by atoms with Gasteiger partial charge in [0.15, 0.2) is 5.11 Å². The number of benzene rings is 2. The molecule has 0 heterocycles. The SMILES string of the molecule is CCCNC(=S)Nc1ccc(S(=O)(=O)N(C)Cc2ccccc2)cc1. The first-order valence-electron chi connectivity index (χ1n) is 8.08. The maximum absolute atomic E-state index is 12.7. The minimum Gasteiger partial charge on any atom is -0.362 e. The Kier molecular flexibility index (Phi) is 6.92. The van der Waals surface area contributed by atoms with Gasteiger partial charge in [0, 0.05) is 25.8 Å². The van der Waals surface area contributed by atoms with Crippen molar-refractivity contribution in [3.8, 4) is 0 Å². The molecule has 134 valence electrons. The van der Waals surface area contributed by atoms with Crippen LogP contribution in [0.1, 0.15) is 18.9 Å². The van der Waals surface area contributed by atoms with Gasteiger partial charge in [0.2, 0.25) is 10.0 Å². The van der Waals surface area contributed by atoms with Gasteiger partial charge in [-0.05, 0) is 48.5 Å². The van der Waals surface area contributed by atoms with Gasteiger partial charge in [-0.2, -0.15) is 4.31 Å². The Bertz CT molecular complexity index is 791. The summed E-state index contributed by atoms with van der Waals surface area (Å²) in [7, 11) is -1.96. The van der Waals surface area contributed by atoms with Crippen LogP contribution in [0.2, 0.25) is 0 Å². The lowest BCUT2D eigenvalue weighted by Crippen LogP contribution is -2.29. The molecule has 25 heavy (non-hydrogen) atoms. The summed E-state index contributed by atoms with van der Waals surface area (Å²) < 4.78 is 26.7. The first-order chi connectivity index (χ1) is 11.9. The molecule has 0 amide bonds. The summed E-state index contributed by atoms with van der Waals surface area (Å²) in [6.45, 7) is 3.18. The average molecular weight is 378 g/mol. The average Bonchev–Trinajstić information content (AvgIpc) is 2.61. The molecule has 2 N–H and O–H groups in total. The molecule has 2 aromatic rings. The first-order valence-corrected chi connectivity index (χ1v) is 9.93. The number of rotatable bonds is 7. The molecule has 0 aliphatic rings. The number of hydrogen-bond acceptors (Lipinski definition) is 3. The minimum absolute atomic E-state index is 0.254. The maximum Gasteiger partial charge on any atom is 0.243 e. The van der Waals surface area contributed by atoms with Gasteiger partial charge in [-0.25, -0.2) is 8.42 Å². The standard InChI is InChI=1S/C18H23N3O2S2/c1-3-13-19-18(24)20-16-9-11-17(12-10-16)25(22,23)21(2)14-15-7-5-4-6-8-15/h4-12H,3,13-14H2,1-2H3,(H2,19,20,24). The summed E-state index contributed by atoms with van der Waals surface area (Å²) in [5.41, 5.74) is 1.69. The Morgan fingerprint density at radius 2 is 1.72 bits per heavy atom. The molecule has 7 heteroatoms. The van der Waals surface area contributed by atoms with Crippen LogP contribution in [-0.2, 0) is 16.6 Å². The molecular weight excluding hydrogens is 354 g/mol. The number of nitrogens with one attached hydrogen (secondary N) is 2. The second-order valence-corrected chi connectivity index (χ2v) is 8.11. The van der Waals surface area contributed by atoms with Crippen LogP contribution in [0, 0.1) is 0 Å².